The zero-order valence-corrected chi connectivity index (χ0v) is 18.1. The normalized spacial score (nSPS) is 16.4. The lowest BCUT2D eigenvalue weighted by Crippen LogP contribution is -2.54. The van der Waals surface area contributed by atoms with Gasteiger partial charge in [-0.3, -0.25) is 4.79 Å². The summed E-state index contributed by atoms with van der Waals surface area (Å²) >= 11 is 0. The summed E-state index contributed by atoms with van der Waals surface area (Å²) in [5.41, 5.74) is 1.69. The number of carbonyl (C=O) groups is 1. The van der Waals surface area contributed by atoms with Crippen molar-refractivity contribution in [1.82, 2.24) is 14.9 Å². The van der Waals surface area contributed by atoms with Crippen molar-refractivity contribution in [2.45, 2.75) is 19.9 Å². The molecule has 2 aromatic carbocycles. The van der Waals surface area contributed by atoms with Gasteiger partial charge in [0.25, 0.3) is 0 Å². The maximum atomic E-state index is 13.3. The first-order valence-electron chi connectivity index (χ1n) is 10.5. The molecule has 1 fully saturated rings. The Kier molecular flexibility index (Phi) is 6.44. The number of piperazine rings is 1. The Morgan fingerprint density at radius 2 is 1.94 bits per heavy atom. The highest BCUT2D eigenvalue weighted by molar-refractivity contribution is 5.92. The van der Waals surface area contributed by atoms with Crippen molar-refractivity contribution in [3.05, 3.63) is 83.9 Å². The van der Waals surface area contributed by atoms with Crippen LogP contribution in [0.2, 0.25) is 0 Å². The van der Waals surface area contributed by atoms with Crippen molar-refractivity contribution in [1.29, 1.82) is 0 Å². The van der Waals surface area contributed by atoms with E-state index in [-0.39, 0.29) is 17.8 Å². The molecule has 0 radical (unpaired) electrons. The molecular formula is C25H25FN4O2. The molecule has 0 N–H and O–H groups in total. The third-order valence-electron chi connectivity index (χ3n) is 5.43. The van der Waals surface area contributed by atoms with Crippen molar-refractivity contribution < 1.29 is 13.9 Å². The number of nitrogens with zero attached hydrogens (tertiary/aromatic N) is 4. The van der Waals surface area contributed by atoms with E-state index in [4.69, 9.17) is 4.74 Å². The molecule has 164 valence electrons. The van der Waals surface area contributed by atoms with Gasteiger partial charge in [-0.25, -0.2) is 14.4 Å². The lowest BCUT2D eigenvalue weighted by Gasteiger charge is -2.40. The molecule has 0 bridgehead atoms. The average molecular weight is 432 g/mol. The van der Waals surface area contributed by atoms with Gasteiger partial charge in [0.15, 0.2) is 0 Å². The minimum Gasteiger partial charge on any atom is -0.439 e. The Morgan fingerprint density at radius 1 is 1.12 bits per heavy atom. The minimum atomic E-state index is -0.307. The van der Waals surface area contributed by atoms with Gasteiger partial charge in [-0.2, -0.15) is 0 Å². The van der Waals surface area contributed by atoms with E-state index in [0.717, 1.165) is 11.4 Å². The topological polar surface area (TPSA) is 58.6 Å². The van der Waals surface area contributed by atoms with Crippen molar-refractivity contribution in [3.63, 3.8) is 0 Å². The Bertz CT molecular complexity index is 1120. The summed E-state index contributed by atoms with van der Waals surface area (Å²) in [6, 6.07) is 15.9. The molecular weight excluding hydrogens is 407 g/mol. The second kappa shape index (κ2) is 9.60. The molecule has 1 aliphatic heterocycles. The van der Waals surface area contributed by atoms with Crippen molar-refractivity contribution in [2.75, 3.05) is 24.5 Å². The third-order valence-corrected chi connectivity index (χ3v) is 5.43. The predicted octanol–water partition coefficient (Wildman–Crippen LogP) is 4.47. The largest absolute Gasteiger partial charge is 0.439 e. The monoisotopic (exact) mass is 432 g/mol. The summed E-state index contributed by atoms with van der Waals surface area (Å²) < 4.78 is 19.2. The SMILES string of the molecule is Cc1cc(F)ccc1Oc1cc(N2CCN(C(=O)/C=C/c3ccccc3)[C@@H](C)C2)ncn1. The maximum absolute atomic E-state index is 13.3. The Morgan fingerprint density at radius 3 is 2.69 bits per heavy atom. The van der Waals surface area contributed by atoms with Crippen LogP contribution in [-0.4, -0.2) is 46.5 Å². The quantitative estimate of drug-likeness (QED) is 0.557. The lowest BCUT2D eigenvalue weighted by molar-refractivity contribution is -0.128. The van der Waals surface area contributed by atoms with Gasteiger partial charge in [-0.15, -0.1) is 0 Å². The van der Waals surface area contributed by atoms with Crippen LogP contribution in [0.15, 0.2) is 67.0 Å². The van der Waals surface area contributed by atoms with E-state index >= 15 is 0 Å². The number of amides is 1. The molecule has 6 nitrogen and oxygen atoms in total. The number of hydrogen-bond donors (Lipinski definition) is 0. The average Bonchev–Trinajstić information content (AvgIpc) is 2.80. The number of carbonyl (C=O) groups excluding carboxylic acids is 1. The van der Waals surface area contributed by atoms with Gasteiger partial charge in [-0.1, -0.05) is 30.3 Å². The van der Waals surface area contributed by atoms with Crippen LogP contribution in [-0.2, 0) is 4.79 Å². The van der Waals surface area contributed by atoms with E-state index in [2.05, 4.69) is 14.9 Å². The van der Waals surface area contributed by atoms with Crippen LogP contribution in [0.1, 0.15) is 18.1 Å². The molecule has 0 spiro atoms. The summed E-state index contributed by atoms with van der Waals surface area (Å²) in [7, 11) is 0. The molecule has 1 saturated heterocycles. The van der Waals surface area contributed by atoms with Gasteiger partial charge in [-0.05, 0) is 49.2 Å². The number of aromatic nitrogens is 2. The molecule has 32 heavy (non-hydrogen) atoms. The molecule has 1 atom stereocenters. The highest BCUT2D eigenvalue weighted by Gasteiger charge is 2.27. The number of anilines is 1. The second-order valence-electron chi connectivity index (χ2n) is 7.80. The second-order valence-corrected chi connectivity index (χ2v) is 7.80. The summed E-state index contributed by atoms with van der Waals surface area (Å²) in [4.78, 5) is 25.2. The van der Waals surface area contributed by atoms with E-state index in [1.165, 1.54) is 18.5 Å². The molecule has 1 amide bonds. The number of ether oxygens (including phenoxy) is 1. The molecule has 0 unspecified atom stereocenters. The number of hydrogen-bond acceptors (Lipinski definition) is 5. The van der Waals surface area contributed by atoms with Crippen molar-refractivity contribution >= 4 is 17.8 Å². The molecule has 1 aliphatic rings. The fraction of sp³-hybridized carbons (Fsp3) is 0.240. The third kappa shape index (κ3) is 5.11. The Balaban J connectivity index is 1.40. The maximum Gasteiger partial charge on any atom is 0.246 e. The van der Waals surface area contributed by atoms with Gasteiger partial charge < -0.3 is 14.5 Å². The summed E-state index contributed by atoms with van der Waals surface area (Å²) in [6.45, 7) is 5.71. The number of halogens is 1. The molecule has 0 aliphatic carbocycles. The molecule has 0 saturated carbocycles. The fourth-order valence-electron chi connectivity index (χ4n) is 3.72. The number of rotatable bonds is 5. The highest BCUT2D eigenvalue weighted by atomic mass is 19.1. The van der Waals surface area contributed by atoms with Gasteiger partial charge in [0.05, 0.1) is 0 Å². The number of aryl methyl sites for hydroxylation is 1. The fourth-order valence-corrected chi connectivity index (χ4v) is 3.72. The smallest absolute Gasteiger partial charge is 0.246 e. The van der Waals surface area contributed by atoms with Crippen LogP contribution in [0.25, 0.3) is 6.08 Å². The van der Waals surface area contributed by atoms with E-state index in [0.29, 0.717) is 36.8 Å². The summed E-state index contributed by atoms with van der Waals surface area (Å²) in [5.74, 6) is 1.36. The standard InChI is InChI=1S/C25H25FN4O2/c1-18-14-21(26)9-10-22(18)32-24-15-23(27-17-28-24)29-12-13-30(19(2)16-29)25(31)11-8-20-6-4-3-5-7-20/h3-11,14-15,17,19H,12-13,16H2,1-2H3/b11-8+/t19-/m0/s1. The lowest BCUT2D eigenvalue weighted by atomic mass is 10.1. The molecule has 7 heteroatoms. The van der Waals surface area contributed by atoms with Crippen LogP contribution in [0, 0.1) is 12.7 Å². The summed E-state index contributed by atoms with van der Waals surface area (Å²) in [5, 5.41) is 0. The molecule has 2 heterocycles. The van der Waals surface area contributed by atoms with E-state index < -0.39 is 0 Å². The first kappa shape index (κ1) is 21.5. The minimum absolute atomic E-state index is 0.000465. The first-order chi connectivity index (χ1) is 15.5. The van der Waals surface area contributed by atoms with Gasteiger partial charge in [0.2, 0.25) is 11.8 Å². The van der Waals surface area contributed by atoms with E-state index in [9.17, 15) is 9.18 Å². The van der Waals surface area contributed by atoms with Gasteiger partial charge in [0.1, 0.15) is 23.7 Å². The van der Waals surface area contributed by atoms with E-state index in [1.807, 2.05) is 48.2 Å². The predicted molar refractivity (Wildman–Crippen MR) is 122 cm³/mol. The molecule has 3 aromatic rings. The van der Waals surface area contributed by atoms with Crippen molar-refractivity contribution in [2.24, 2.45) is 0 Å². The van der Waals surface area contributed by atoms with Crippen LogP contribution in [0.3, 0.4) is 0 Å². The summed E-state index contributed by atoms with van der Waals surface area (Å²) in [6.07, 6.45) is 4.92. The van der Waals surface area contributed by atoms with Crippen LogP contribution >= 0.6 is 0 Å². The van der Waals surface area contributed by atoms with Crippen LogP contribution in [0.5, 0.6) is 11.6 Å². The van der Waals surface area contributed by atoms with Gasteiger partial charge >= 0.3 is 0 Å². The zero-order chi connectivity index (χ0) is 22.5. The zero-order valence-electron chi connectivity index (χ0n) is 18.1. The number of benzene rings is 2. The first-order valence-corrected chi connectivity index (χ1v) is 10.5. The van der Waals surface area contributed by atoms with Crippen LogP contribution < -0.4 is 9.64 Å². The van der Waals surface area contributed by atoms with Crippen molar-refractivity contribution in [3.8, 4) is 11.6 Å². The molecule has 4 rings (SSSR count). The Labute approximate surface area is 187 Å². The van der Waals surface area contributed by atoms with Gasteiger partial charge in [0, 0.05) is 37.8 Å². The van der Waals surface area contributed by atoms with E-state index in [1.54, 1.807) is 25.1 Å². The van der Waals surface area contributed by atoms with Crippen LogP contribution in [0.4, 0.5) is 10.2 Å². The molecule has 1 aromatic heterocycles. The Hall–Kier alpha value is -3.74. The highest BCUT2D eigenvalue weighted by Crippen LogP contribution is 2.26.